The molecular formula is C19H16O4. The van der Waals surface area contributed by atoms with Crippen molar-refractivity contribution < 1.29 is 19.4 Å². The highest BCUT2D eigenvalue weighted by molar-refractivity contribution is 5.87. The van der Waals surface area contributed by atoms with Crippen molar-refractivity contribution in [2.75, 3.05) is 0 Å². The van der Waals surface area contributed by atoms with Crippen molar-refractivity contribution >= 4 is 24.1 Å². The minimum atomic E-state index is -0.991. The molecule has 0 amide bonds. The lowest BCUT2D eigenvalue weighted by Crippen LogP contribution is -2.00. The van der Waals surface area contributed by atoms with Crippen LogP contribution in [-0.2, 0) is 20.9 Å². The largest absolute Gasteiger partial charge is 0.478 e. The summed E-state index contributed by atoms with van der Waals surface area (Å²) in [6.45, 7) is 0.239. The number of carbonyl (C=O) groups is 2. The smallest absolute Gasteiger partial charge is 0.331 e. The molecule has 0 heterocycles. The first kappa shape index (κ1) is 16.2. The molecule has 2 aromatic carbocycles. The van der Waals surface area contributed by atoms with Gasteiger partial charge in [-0.05, 0) is 28.8 Å². The van der Waals surface area contributed by atoms with Gasteiger partial charge in [0.1, 0.15) is 6.61 Å². The lowest BCUT2D eigenvalue weighted by Gasteiger charge is -2.01. The van der Waals surface area contributed by atoms with Gasteiger partial charge in [-0.2, -0.15) is 0 Å². The highest BCUT2D eigenvalue weighted by Gasteiger charge is 1.98. The van der Waals surface area contributed by atoms with Gasteiger partial charge in [-0.1, -0.05) is 54.6 Å². The summed E-state index contributed by atoms with van der Waals surface area (Å²) in [4.78, 5) is 22.1. The van der Waals surface area contributed by atoms with Gasteiger partial charge in [-0.15, -0.1) is 0 Å². The third kappa shape index (κ3) is 6.01. The number of hydrogen-bond acceptors (Lipinski definition) is 3. The first-order valence-electron chi connectivity index (χ1n) is 7.03. The number of benzene rings is 2. The van der Waals surface area contributed by atoms with E-state index in [1.807, 2.05) is 30.3 Å². The van der Waals surface area contributed by atoms with Crippen LogP contribution in [0.15, 0.2) is 66.7 Å². The van der Waals surface area contributed by atoms with Gasteiger partial charge in [0, 0.05) is 12.2 Å². The maximum atomic E-state index is 11.6. The normalized spacial score (nSPS) is 11.0. The summed E-state index contributed by atoms with van der Waals surface area (Å²) in [6, 6.07) is 16.6. The second-order valence-electron chi connectivity index (χ2n) is 4.76. The number of carboxylic acids is 1. The summed E-state index contributed by atoms with van der Waals surface area (Å²) >= 11 is 0. The third-order valence-corrected chi connectivity index (χ3v) is 2.99. The van der Waals surface area contributed by atoms with Gasteiger partial charge >= 0.3 is 11.9 Å². The van der Waals surface area contributed by atoms with Crippen LogP contribution in [0.3, 0.4) is 0 Å². The van der Waals surface area contributed by atoms with Crippen molar-refractivity contribution in [2.45, 2.75) is 6.61 Å². The van der Waals surface area contributed by atoms with E-state index >= 15 is 0 Å². The van der Waals surface area contributed by atoms with E-state index in [0.717, 1.165) is 22.8 Å². The summed E-state index contributed by atoms with van der Waals surface area (Å²) < 4.78 is 5.14. The average Bonchev–Trinajstić information content (AvgIpc) is 2.58. The lowest BCUT2D eigenvalue weighted by molar-refractivity contribution is -0.139. The molecule has 0 aromatic heterocycles. The molecule has 0 atom stereocenters. The molecule has 0 radical (unpaired) electrons. The molecule has 1 N–H and O–H groups in total. The summed E-state index contributed by atoms with van der Waals surface area (Å²) in [5, 5.41) is 8.56. The highest BCUT2D eigenvalue weighted by atomic mass is 16.5. The van der Waals surface area contributed by atoms with E-state index in [1.54, 1.807) is 30.3 Å². The van der Waals surface area contributed by atoms with E-state index < -0.39 is 11.9 Å². The topological polar surface area (TPSA) is 63.6 Å². The predicted octanol–water partition coefficient (Wildman–Crippen LogP) is 3.54. The standard InChI is InChI=1S/C19H16O4/c20-18(21)12-10-15-6-8-16(9-7-15)11-13-19(22)23-14-17-4-2-1-3-5-17/h1-13H,14H2,(H,20,21)/b12-10+,13-11+. The Morgan fingerprint density at radius 3 is 2.00 bits per heavy atom. The fourth-order valence-corrected chi connectivity index (χ4v) is 1.83. The Hall–Kier alpha value is -3.14. The predicted molar refractivity (Wildman–Crippen MR) is 88.4 cm³/mol. The lowest BCUT2D eigenvalue weighted by atomic mass is 10.1. The number of carbonyl (C=O) groups excluding carboxylic acids is 1. The molecule has 23 heavy (non-hydrogen) atoms. The molecule has 4 heteroatoms. The Balaban J connectivity index is 1.87. The Bertz CT molecular complexity index is 713. The fraction of sp³-hybridized carbons (Fsp3) is 0.0526. The highest BCUT2D eigenvalue weighted by Crippen LogP contribution is 2.08. The zero-order chi connectivity index (χ0) is 16.5. The van der Waals surface area contributed by atoms with E-state index in [4.69, 9.17) is 9.84 Å². The van der Waals surface area contributed by atoms with E-state index in [-0.39, 0.29) is 6.61 Å². The monoisotopic (exact) mass is 308 g/mol. The van der Waals surface area contributed by atoms with Crippen LogP contribution in [0.1, 0.15) is 16.7 Å². The molecule has 2 aromatic rings. The molecule has 0 aliphatic carbocycles. The second-order valence-corrected chi connectivity index (χ2v) is 4.76. The molecule has 0 saturated heterocycles. The zero-order valence-electron chi connectivity index (χ0n) is 12.4. The molecular weight excluding hydrogens is 292 g/mol. The number of hydrogen-bond donors (Lipinski definition) is 1. The van der Waals surface area contributed by atoms with Gasteiger partial charge < -0.3 is 9.84 Å². The van der Waals surface area contributed by atoms with Gasteiger partial charge in [0.25, 0.3) is 0 Å². The van der Waals surface area contributed by atoms with E-state index in [9.17, 15) is 9.59 Å². The van der Waals surface area contributed by atoms with Crippen LogP contribution in [0.5, 0.6) is 0 Å². The maximum Gasteiger partial charge on any atom is 0.331 e. The van der Waals surface area contributed by atoms with Crippen molar-refractivity contribution in [1.29, 1.82) is 0 Å². The Kier molecular flexibility index (Phi) is 5.89. The molecule has 0 fully saturated rings. The zero-order valence-corrected chi connectivity index (χ0v) is 12.4. The van der Waals surface area contributed by atoms with E-state index in [1.165, 1.54) is 12.2 Å². The minimum Gasteiger partial charge on any atom is -0.478 e. The van der Waals surface area contributed by atoms with Gasteiger partial charge in [0.2, 0.25) is 0 Å². The number of rotatable bonds is 6. The SMILES string of the molecule is O=C(O)/C=C/c1ccc(/C=C/C(=O)OCc2ccccc2)cc1. The summed E-state index contributed by atoms with van der Waals surface area (Å²) in [5.41, 5.74) is 2.54. The number of carboxylic acid groups (broad SMARTS) is 1. The quantitative estimate of drug-likeness (QED) is 0.655. The molecule has 0 saturated carbocycles. The molecule has 0 aliphatic rings. The average molecular weight is 308 g/mol. The van der Waals surface area contributed by atoms with Crippen LogP contribution in [0, 0.1) is 0 Å². The molecule has 2 rings (SSSR count). The Labute approximate surface area is 134 Å². The van der Waals surface area contributed by atoms with Crippen LogP contribution in [0.4, 0.5) is 0 Å². The first-order valence-corrected chi connectivity index (χ1v) is 7.03. The Morgan fingerprint density at radius 1 is 0.870 bits per heavy atom. The van der Waals surface area contributed by atoms with Gasteiger partial charge in [-0.3, -0.25) is 0 Å². The fourth-order valence-electron chi connectivity index (χ4n) is 1.83. The van der Waals surface area contributed by atoms with Crippen molar-refractivity contribution in [3.8, 4) is 0 Å². The number of ether oxygens (including phenoxy) is 1. The first-order chi connectivity index (χ1) is 11.1. The summed E-state index contributed by atoms with van der Waals surface area (Å²) in [6.07, 6.45) is 5.60. The molecule has 0 bridgehead atoms. The second kappa shape index (κ2) is 8.34. The van der Waals surface area contributed by atoms with E-state index in [0.29, 0.717) is 0 Å². The van der Waals surface area contributed by atoms with Crippen molar-refractivity contribution in [2.24, 2.45) is 0 Å². The van der Waals surface area contributed by atoms with Crippen LogP contribution in [0.2, 0.25) is 0 Å². The molecule has 4 nitrogen and oxygen atoms in total. The van der Waals surface area contributed by atoms with Crippen LogP contribution >= 0.6 is 0 Å². The van der Waals surface area contributed by atoms with Gasteiger partial charge in [0.05, 0.1) is 0 Å². The van der Waals surface area contributed by atoms with Gasteiger partial charge in [-0.25, -0.2) is 9.59 Å². The van der Waals surface area contributed by atoms with Crippen LogP contribution in [0.25, 0.3) is 12.2 Å². The molecule has 0 spiro atoms. The molecule has 0 aliphatic heterocycles. The maximum absolute atomic E-state index is 11.6. The summed E-state index contributed by atoms with van der Waals surface area (Å²) in [7, 11) is 0. The third-order valence-electron chi connectivity index (χ3n) is 2.99. The molecule has 116 valence electrons. The van der Waals surface area contributed by atoms with Crippen molar-refractivity contribution in [3.05, 3.63) is 83.4 Å². The summed E-state index contributed by atoms with van der Waals surface area (Å²) in [5.74, 6) is -1.40. The Morgan fingerprint density at radius 2 is 1.43 bits per heavy atom. The number of esters is 1. The molecule has 0 unspecified atom stereocenters. The van der Waals surface area contributed by atoms with Crippen LogP contribution in [-0.4, -0.2) is 17.0 Å². The van der Waals surface area contributed by atoms with Crippen LogP contribution < -0.4 is 0 Å². The number of aliphatic carboxylic acids is 1. The minimum absolute atomic E-state index is 0.239. The van der Waals surface area contributed by atoms with Crippen molar-refractivity contribution in [1.82, 2.24) is 0 Å². The van der Waals surface area contributed by atoms with E-state index in [2.05, 4.69) is 0 Å². The van der Waals surface area contributed by atoms with Crippen molar-refractivity contribution in [3.63, 3.8) is 0 Å². The van der Waals surface area contributed by atoms with Gasteiger partial charge in [0.15, 0.2) is 0 Å².